The van der Waals surface area contributed by atoms with Gasteiger partial charge >= 0.3 is 6.03 Å². The first-order valence-electron chi connectivity index (χ1n) is 10.2. The Morgan fingerprint density at radius 3 is 2.68 bits per heavy atom. The number of amides is 2. The van der Waals surface area contributed by atoms with Crippen molar-refractivity contribution < 1.29 is 19.0 Å². The Labute approximate surface area is 166 Å². The van der Waals surface area contributed by atoms with Gasteiger partial charge in [-0.1, -0.05) is 0 Å². The van der Waals surface area contributed by atoms with E-state index in [2.05, 4.69) is 5.32 Å². The molecule has 3 rings (SSSR count). The van der Waals surface area contributed by atoms with E-state index < -0.39 is 5.60 Å². The van der Waals surface area contributed by atoms with Crippen LogP contribution in [-0.2, 0) is 4.74 Å². The molecule has 4 atom stereocenters. The van der Waals surface area contributed by atoms with Crippen LogP contribution in [0.5, 0.6) is 0 Å². The maximum atomic E-state index is 13.2. The highest BCUT2D eigenvalue weighted by Gasteiger charge is 2.53. The van der Waals surface area contributed by atoms with E-state index in [-0.39, 0.29) is 29.9 Å². The maximum absolute atomic E-state index is 13.2. The van der Waals surface area contributed by atoms with E-state index in [9.17, 15) is 14.3 Å². The summed E-state index contributed by atoms with van der Waals surface area (Å²) in [6, 6.07) is 6.03. The monoisotopic (exact) mass is 393 g/mol. The number of hydrogen-bond acceptors (Lipinski definition) is 4. The number of carbonyl (C=O) groups excluding carboxylic acids is 1. The van der Waals surface area contributed by atoms with Crippen LogP contribution >= 0.6 is 0 Å². The number of carbonyl (C=O) groups is 1. The van der Waals surface area contributed by atoms with Crippen molar-refractivity contribution in [2.24, 2.45) is 5.92 Å². The predicted molar refractivity (Wildman–Crippen MR) is 107 cm³/mol. The number of rotatable bonds is 5. The van der Waals surface area contributed by atoms with Crippen molar-refractivity contribution in [3.8, 4) is 0 Å². The van der Waals surface area contributed by atoms with Crippen molar-refractivity contribution in [3.05, 3.63) is 30.1 Å². The normalized spacial score (nSPS) is 29.7. The van der Waals surface area contributed by atoms with E-state index in [1.54, 1.807) is 31.1 Å². The third-order valence-electron chi connectivity index (χ3n) is 6.04. The molecule has 1 heterocycles. The summed E-state index contributed by atoms with van der Waals surface area (Å²) in [5.74, 6) is -0.197. The van der Waals surface area contributed by atoms with Crippen LogP contribution < -0.4 is 5.32 Å². The van der Waals surface area contributed by atoms with Gasteiger partial charge in [0.15, 0.2) is 0 Å². The predicted octanol–water partition coefficient (Wildman–Crippen LogP) is 2.93. The number of halogens is 1. The second-order valence-corrected chi connectivity index (χ2v) is 8.14. The van der Waals surface area contributed by atoms with Crippen molar-refractivity contribution in [2.75, 3.05) is 39.1 Å². The molecule has 0 aromatic heterocycles. The Morgan fingerprint density at radius 2 is 2.04 bits per heavy atom. The molecule has 0 unspecified atom stereocenters. The van der Waals surface area contributed by atoms with Crippen molar-refractivity contribution in [2.45, 2.75) is 50.4 Å². The molecule has 28 heavy (non-hydrogen) atoms. The van der Waals surface area contributed by atoms with E-state index in [1.807, 2.05) is 11.8 Å². The van der Waals surface area contributed by atoms with Crippen molar-refractivity contribution in [1.82, 2.24) is 9.80 Å². The highest BCUT2D eigenvalue weighted by Crippen LogP contribution is 2.42. The minimum Gasteiger partial charge on any atom is -0.385 e. The summed E-state index contributed by atoms with van der Waals surface area (Å²) in [5.41, 5.74) is -0.212. The van der Waals surface area contributed by atoms with E-state index >= 15 is 0 Å². The first-order valence-corrected chi connectivity index (χ1v) is 10.2. The third kappa shape index (κ3) is 4.25. The van der Waals surface area contributed by atoms with Gasteiger partial charge in [-0.3, -0.25) is 0 Å². The average molecular weight is 394 g/mol. The van der Waals surface area contributed by atoms with Crippen LogP contribution in [0.4, 0.5) is 14.9 Å². The fourth-order valence-corrected chi connectivity index (χ4v) is 4.59. The van der Waals surface area contributed by atoms with Crippen molar-refractivity contribution in [3.63, 3.8) is 0 Å². The SMILES string of the molecule is CCN(C[C@@H]1CC[C@@H](Nc2ccc(F)cc2)[C@@]2(O)CCCO[C@H]12)C(=O)N(C)C. The summed E-state index contributed by atoms with van der Waals surface area (Å²) in [7, 11) is 3.50. The van der Waals surface area contributed by atoms with Gasteiger partial charge in [0.2, 0.25) is 0 Å². The first kappa shape index (κ1) is 20.9. The Morgan fingerprint density at radius 1 is 1.32 bits per heavy atom. The zero-order chi connectivity index (χ0) is 20.3. The molecular weight excluding hydrogens is 361 g/mol. The van der Waals surface area contributed by atoms with Gasteiger partial charge in [0.05, 0.1) is 12.1 Å². The number of ether oxygens (including phenoxy) is 1. The van der Waals surface area contributed by atoms with E-state index in [0.717, 1.165) is 24.9 Å². The summed E-state index contributed by atoms with van der Waals surface area (Å²) in [4.78, 5) is 15.8. The minimum absolute atomic E-state index is 0.0200. The van der Waals surface area contributed by atoms with Gasteiger partial charge in [0.1, 0.15) is 11.4 Å². The number of urea groups is 1. The molecule has 2 aliphatic rings. The summed E-state index contributed by atoms with van der Waals surface area (Å²) >= 11 is 0. The lowest BCUT2D eigenvalue weighted by Crippen LogP contribution is -2.65. The Kier molecular flexibility index (Phi) is 6.45. The number of hydrogen-bond donors (Lipinski definition) is 2. The molecule has 1 saturated heterocycles. The van der Waals surface area contributed by atoms with E-state index in [0.29, 0.717) is 26.1 Å². The summed E-state index contributed by atoms with van der Waals surface area (Å²) < 4.78 is 19.3. The quantitative estimate of drug-likeness (QED) is 0.807. The molecule has 1 aliphatic carbocycles. The lowest BCUT2D eigenvalue weighted by molar-refractivity contribution is -0.191. The highest BCUT2D eigenvalue weighted by molar-refractivity contribution is 5.73. The second-order valence-electron chi connectivity index (χ2n) is 8.14. The Balaban J connectivity index is 1.75. The van der Waals surface area contributed by atoms with Crippen molar-refractivity contribution >= 4 is 11.7 Å². The summed E-state index contributed by atoms with van der Waals surface area (Å²) in [6.45, 7) is 3.79. The lowest BCUT2D eigenvalue weighted by atomic mass is 9.68. The molecule has 2 fully saturated rings. The number of fused-ring (bicyclic) bond motifs is 1. The highest BCUT2D eigenvalue weighted by atomic mass is 19.1. The fourth-order valence-electron chi connectivity index (χ4n) is 4.59. The molecule has 6 nitrogen and oxygen atoms in total. The van der Waals surface area contributed by atoms with Crippen LogP contribution in [0.25, 0.3) is 0 Å². The lowest BCUT2D eigenvalue weighted by Gasteiger charge is -2.52. The molecular formula is C21H32FN3O3. The standard InChI is InChI=1S/C21H32FN3O3/c1-4-25(20(26)24(2)3)14-15-6-11-18(21(27)12-5-13-28-19(15)21)23-17-9-7-16(22)8-10-17/h7-10,15,18-19,23,27H,4-6,11-14H2,1-3H3/t15-,18+,19+,21-/m0/s1. The minimum atomic E-state index is -1.00. The van der Waals surface area contributed by atoms with Crippen LogP contribution in [0, 0.1) is 11.7 Å². The molecule has 0 radical (unpaired) electrons. The van der Waals surface area contributed by atoms with Crippen LogP contribution in [-0.4, -0.2) is 72.5 Å². The summed E-state index contributed by atoms with van der Waals surface area (Å²) in [5, 5.41) is 15.0. The smallest absolute Gasteiger partial charge is 0.319 e. The molecule has 1 aliphatic heterocycles. The van der Waals surface area contributed by atoms with Gasteiger partial charge in [-0.25, -0.2) is 9.18 Å². The molecule has 7 heteroatoms. The topological polar surface area (TPSA) is 65.0 Å². The van der Waals surface area contributed by atoms with Gasteiger partial charge in [0, 0.05) is 45.4 Å². The van der Waals surface area contributed by atoms with Crippen molar-refractivity contribution in [1.29, 1.82) is 0 Å². The molecule has 2 N–H and O–H groups in total. The molecule has 1 saturated carbocycles. The van der Waals surface area contributed by atoms with Crippen LogP contribution in [0.2, 0.25) is 0 Å². The zero-order valence-electron chi connectivity index (χ0n) is 17.0. The molecule has 2 amide bonds. The third-order valence-corrected chi connectivity index (χ3v) is 6.04. The Bertz CT molecular complexity index is 669. The first-order chi connectivity index (χ1) is 13.3. The van der Waals surface area contributed by atoms with Gasteiger partial charge in [0.25, 0.3) is 0 Å². The largest absolute Gasteiger partial charge is 0.385 e. The van der Waals surface area contributed by atoms with E-state index in [4.69, 9.17) is 4.74 Å². The number of anilines is 1. The summed E-state index contributed by atoms with van der Waals surface area (Å²) in [6.07, 6.45) is 2.75. The molecule has 156 valence electrons. The number of nitrogens with one attached hydrogen (secondary N) is 1. The molecule has 1 aromatic carbocycles. The Hall–Kier alpha value is -1.86. The van der Waals surface area contributed by atoms with E-state index in [1.165, 1.54) is 12.1 Å². The fraction of sp³-hybridized carbons (Fsp3) is 0.667. The van der Waals surface area contributed by atoms with Crippen LogP contribution in [0.1, 0.15) is 32.6 Å². The second kappa shape index (κ2) is 8.66. The maximum Gasteiger partial charge on any atom is 0.319 e. The van der Waals surface area contributed by atoms with Gasteiger partial charge in [-0.2, -0.15) is 0 Å². The molecule has 0 bridgehead atoms. The van der Waals surface area contributed by atoms with Gasteiger partial charge in [-0.15, -0.1) is 0 Å². The molecule has 0 spiro atoms. The molecule has 1 aromatic rings. The van der Waals surface area contributed by atoms with Crippen LogP contribution in [0.3, 0.4) is 0 Å². The average Bonchev–Trinajstić information content (AvgIpc) is 2.68. The van der Waals surface area contributed by atoms with Gasteiger partial charge < -0.3 is 25.0 Å². The van der Waals surface area contributed by atoms with Gasteiger partial charge in [-0.05, 0) is 56.9 Å². The van der Waals surface area contributed by atoms with Crippen LogP contribution in [0.15, 0.2) is 24.3 Å². The number of aliphatic hydroxyl groups is 1. The number of nitrogens with zero attached hydrogens (tertiary/aromatic N) is 2. The number of benzene rings is 1. The zero-order valence-corrected chi connectivity index (χ0v) is 17.0.